The molecule has 0 unspecified atom stereocenters. The summed E-state index contributed by atoms with van der Waals surface area (Å²) in [7, 11) is 0. The van der Waals surface area contributed by atoms with E-state index < -0.39 is 0 Å². The highest BCUT2D eigenvalue weighted by atomic mass is 16.3. The van der Waals surface area contributed by atoms with E-state index in [1.54, 1.807) is 0 Å². The molecular formula is C90H56N6O2. The average molecular weight is 1250 g/mol. The van der Waals surface area contributed by atoms with Gasteiger partial charge in [-0.25, -0.2) is 29.9 Å². The molecule has 0 bridgehead atoms. The number of fused-ring (bicyclic) bond motifs is 6. The van der Waals surface area contributed by atoms with Crippen molar-refractivity contribution in [2.45, 2.75) is 0 Å². The number of nitrogens with zero attached hydrogens (tertiary/aromatic N) is 6. The number of rotatable bonds is 13. The van der Waals surface area contributed by atoms with Gasteiger partial charge in [0.1, 0.15) is 22.3 Å². The molecule has 0 fully saturated rings. The first-order valence-corrected chi connectivity index (χ1v) is 32.8. The Labute approximate surface area is 565 Å². The van der Waals surface area contributed by atoms with Gasteiger partial charge in [-0.15, -0.1) is 0 Å². The van der Waals surface area contributed by atoms with E-state index in [4.69, 9.17) is 38.7 Å². The first kappa shape index (κ1) is 57.4. The van der Waals surface area contributed by atoms with Gasteiger partial charge in [-0.3, -0.25) is 0 Å². The summed E-state index contributed by atoms with van der Waals surface area (Å²) in [4.78, 5) is 30.7. The van der Waals surface area contributed by atoms with Crippen LogP contribution in [0.2, 0.25) is 0 Å². The van der Waals surface area contributed by atoms with Crippen LogP contribution in [0.25, 0.3) is 190 Å². The van der Waals surface area contributed by atoms with E-state index >= 15 is 0 Å². The Kier molecular flexibility index (Phi) is 14.4. The van der Waals surface area contributed by atoms with Crippen LogP contribution in [0.3, 0.4) is 0 Å². The van der Waals surface area contributed by atoms with Crippen molar-refractivity contribution in [1.29, 1.82) is 0 Å². The highest BCUT2D eigenvalue weighted by Crippen LogP contribution is 2.44. The number of aromatic nitrogens is 6. The summed E-state index contributed by atoms with van der Waals surface area (Å²) in [5.41, 5.74) is 23.5. The molecule has 0 aliphatic heterocycles. The molecule has 18 rings (SSSR count). The maximum atomic E-state index is 7.11. The van der Waals surface area contributed by atoms with Gasteiger partial charge in [-0.05, 0) is 97.1 Å². The molecular weight excluding hydrogens is 1200 g/mol. The van der Waals surface area contributed by atoms with Crippen LogP contribution in [0, 0.1) is 0 Å². The molecule has 18 aromatic rings. The van der Waals surface area contributed by atoms with Crippen LogP contribution in [0.4, 0.5) is 0 Å². The van der Waals surface area contributed by atoms with Crippen molar-refractivity contribution >= 4 is 43.9 Å². The molecule has 458 valence electrons. The van der Waals surface area contributed by atoms with E-state index in [-0.39, 0.29) is 0 Å². The summed E-state index contributed by atoms with van der Waals surface area (Å²) in [6, 6.07) is 118. The van der Waals surface area contributed by atoms with Gasteiger partial charge in [-0.2, -0.15) is 0 Å². The van der Waals surface area contributed by atoms with Crippen molar-refractivity contribution in [3.8, 4) is 146 Å². The van der Waals surface area contributed by atoms with Gasteiger partial charge in [0.25, 0.3) is 0 Å². The Bertz CT molecular complexity index is 5920. The van der Waals surface area contributed by atoms with Crippen LogP contribution in [0.15, 0.2) is 349 Å². The summed E-state index contributed by atoms with van der Waals surface area (Å²) < 4.78 is 14.1. The number of benzene rings is 14. The zero-order chi connectivity index (χ0) is 64.9. The third-order valence-corrected chi connectivity index (χ3v) is 18.5. The Hall–Kier alpha value is -13.3. The second-order valence-corrected chi connectivity index (χ2v) is 24.5. The first-order chi connectivity index (χ1) is 48.5. The zero-order valence-electron chi connectivity index (χ0n) is 52.8. The van der Waals surface area contributed by atoms with E-state index in [1.807, 2.05) is 109 Å². The van der Waals surface area contributed by atoms with Crippen LogP contribution in [-0.4, -0.2) is 29.9 Å². The average Bonchev–Trinajstić information content (AvgIpc) is 1.59. The molecule has 8 nitrogen and oxygen atoms in total. The summed E-state index contributed by atoms with van der Waals surface area (Å²) in [6.07, 6.45) is 0. The Morgan fingerprint density at radius 1 is 0.143 bits per heavy atom. The predicted molar refractivity (Wildman–Crippen MR) is 398 cm³/mol. The summed E-state index contributed by atoms with van der Waals surface area (Å²) in [5, 5.41) is 3.99. The second kappa shape index (κ2) is 24.6. The molecule has 0 atom stereocenters. The van der Waals surface area contributed by atoms with Crippen LogP contribution >= 0.6 is 0 Å². The quantitative estimate of drug-likeness (QED) is 0.112. The van der Waals surface area contributed by atoms with Crippen LogP contribution in [-0.2, 0) is 0 Å². The van der Waals surface area contributed by atoms with Gasteiger partial charge in [0.15, 0.2) is 34.9 Å². The molecule has 0 aliphatic rings. The Morgan fingerprint density at radius 3 is 0.694 bits per heavy atom. The maximum Gasteiger partial charge on any atom is 0.167 e. The highest BCUT2D eigenvalue weighted by Gasteiger charge is 2.23. The van der Waals surface area contributed by atoms with E-state index in [0.717, 1.165) is 138 Å². The lowest BCUT2D eigenvalue weighted by molar-refractivity contribution is 0.670. The lowest BCUT2D eigenvalue weighted by Crippen LogP contribution is -2.00. The SMILES string of the molecule is c1ccc(-c2ccc(-c3ccc(-c4cccc5c4oc4c(-c6nc(-c7ccccc7)nc(-c7ccc(-c8ccc(-c9cc(-c%10ccccc%10)cc(-c%10cccc%11c%10oc%10c(-c%12nc(-c%13ccccc%13)nc(-c%13ccccc%13)n%12)cccc%10%11)c9)cc8)cc7)n6)cccc45)cc3)cc2)cc1. The van der Waals surface area contributed by atoms with Crippen LogP contribution in [0.5, 0.6) is 0 Å². The summed E-state index contributed by atoms with van der Waals surface area (Å²) in [6.45, 7) is 0. The topological polar surface area (TPSA) is 104 Å². The van der Waals surface area contributed by atoms with Crippen molar-refractivity contribution in [2.24, 2.45) is 0 Å². The zero-order valence-corrected chi connectivity index (χ0v) is 52.8. The van der Waals surface area contributed by atoms with Crippen molar-refractivity contribution in [3.63, 3.8) is 0 Å². The summed E-state index contributed by atoms with van der Waals surface area (Å²) >= 11 is 0. The molecule has 0 saturated heterocycles. The Balaban J connectivity index is 0.662. The molecule has 14 aromatic carbocycles. The fraction of sp³-hybridized carbons (Fsp3) is 0. The van der Waals surface area contributed by atoms with Crippen molar-refractivity contribution in [1.82, 2.24) is 29.9 Å². The fourth-order valence-electron chi connectivity index (χ4n) is 13.5. The van der Waals surface area contributed by atoms with Gasteiger partial charge in [-0.1, -0.05) is 309 Å². The molecule has 8 heteroatoms. The van der Waals surface area contributed by atoms with Crippen molar-refractivity contribution < 1.29 is 8.83 Å². The van der Waals surface area contributed by atoms with Gasteiger partial charge in [0.2, 0.25) is 0 Å². The van der Waals surface area contributed by atoms with E-state index in [2.05, 4.69) is 231 Å². The van der Waals surface area contributed by atoms with Crippen LogP contribution < -0.4 is 0 Å². The first-order valence-electron chi connectivity index (χ1n) is 32.8. The van der Waals surface area contributed by atoms with Gasteiger partial charge >= 0.3 is 0 Å². The molecule has 0 radical (unpaired) electrons. The van der Waals surface area contributed by atoms with Crippen LogP contribution in [0.1, 0.15) is 0 Å². The lowest BCUT2D eigenvalue weighted by atomic mass is 9.92. The normalized spacial score (nSPS) is 11.5. The number of hydrogen-bond acceptors (Lipinski definition) is 8. The molecule has 0 aliphatic carbocycles. The third kappa shape index (κ3) is 10.7. The van der Waals surface area contributed by atoms with E-state index in [9.17, 15) is 0 Å². The maximum absolute atomic E-state index is 7.11. The second-order valence-electron chi connectivity index (χ2n) is 24.5. The number of furan rings is 2. The minimum absolute atomic E-state index is 0.525. The van der Waals surface area contributed by atoms with E-state index in [0.29, 0.717) is 40.5 Å². The van der Waals surface area contributed by atoms with Gasteiger partial charge in [0, 0.05) is 54.9 Å². The molecule has 4 aromatic heterocycles. The standard InChI is InChI=1S/C90H56N6O2/c1-6-20-57(21-7-1)59-38-40-60(41-39-59)62-46-50-65(51-47-62)73-30-16-32-75-77-34-18-36-79(83(77)97-81(73)75)90-95-87(68-28-14-5-15-29-68)92-88(96-90)69-52-48-63(49-53-69)61-42-44-64(45-43-61)71-54-70(58-22-8-2-9-23-58)55-72(56-71)74-31-17-33-76-78-35-19-37-80(84(78)98-82(74)76)89-93-85(66-24-10-3-11-25-66)91-86(94-89)67-26-12-4-13-27-67/h1-56H. The Morgan fingerprint density at radius 2 is 0.357 bits per heavy atom. The molecule has 98 heavy (non-hydrogen) atoms. The van der Waals surface area contributed by atoms with E-state index in [1.165, 1.54) is 11.1 Å². The predicted octanol–water partition coefficient (Wildman–Crippen LogP) is 23.5. The molecule has 0 amide bonds. The molecule has 0 spiro atoms. The molecule has 0 saturated carbocycles. The van der Waals surface area contributed by atoms with Gasteiger partial charge in [0.05, 0.1) is 11.1 Å². The fourth-order valence-corrected chi connectivity index (χ4v) is 13.5. The van der Waals surface area contributed by atoms with Gasteiger partial charge < -0.3 is 8.83 Å². The number of para-hydroxylation sites is 4. The van der Waals surface area contributed by atoms with Crippen molar-refractivity contribution in [3.05, 3.63) is 340 Å². The molecule has 0 N–H and O–H groups in total. The van der Waals surface area contributed by atoms with Crippen molar-refractivity contribution in [2.75, 3.05) is 0 Å². The monoisotopic (exact) mass is 1250 g/mol. The highest BCUT2D eigenvalue weighted by molar-refractivity contribution is 6.14. The minimum Gasteiger partial charge on any atom is -0.455 e. The number of hydrogen-bond donors (Lipinski definition) is 0. The minimum atomic E-state index is 0.525. The smallest absolute Gasteiger partial charge is 0.167 e. The summed E-state index contributed by atoms with van der Waals surface area (Å²) in [5.74, 6) is 3.38. The largest absolute Gasteiger partial charge is 0.455 e. The molecule has 4 heterocycles. The third-order valence-electron chi connectivity index (χ3n) is 18.5. The lowest BCUT2D eigenvalue weighted by Gasteiger charge is -2.12.